The van der Waals surface area contributed by atoms with E-state index in [4.69, 9.17) is 9.47 Å². The lowest BCUT2D eigenvalue weighted by Gasteiger charge is -2.31. The van der Waals surface area contributed by atoms with E-state index in [2.05, 4.69) is 20.6 Å². The van der Waals surface area contributed by atoms with Crippen molar-refractivity contribution in [3.05, 3.63) is 60.5 Å². The van der Waals surface area contributed by atoms with E-state index in [-0.39, 0.29) is 11.8 Å². The molecule has 0 unspecified atom stereocenters. The Morgan fingerprint density at radius 1 is 1.12 bits per heavy atom. The molecular weight excluding hydrogens is 413 g/mol. The molecule has 0 radical (unpaired) electrons. The van der Waals surface area contributed by atoms with Crippen LogP contribution in [0.25, 0.3) is 0 Å². The lowest BCUT2D eigenvalue weighted by atomic mass is 10.2. The molecule has 166 valence electrons. The van der Waals surface area contributed by atoms with Gasteiger partial charge in [-0.2, -0.15) is 4.98 Å². The highest BCUT2D eigenvalue weighted by Gasteiger charge is 2.28. The number of para-hydroxylation sites is 1. The molecule has 1 aliphatic heterocycles. The van der Waals surface area contributed by atoms with Gasteiger partial charge in [-0.3, -0.25) is 4.90 Å². The average Bonchev–Trinajstić information content (AvgIpc) is 2.75. The zero-order valence-electron chi connectivity index (χ0n) is 18.1. The molecule has 0 fully saturated rings. The van der Waals surface area contributed by atoms with Gasteiger partial charge in [0.1, 0.15) is 18.0 Å². The van der Waals surface area contributed by atoms with E-state index in [1.54, 1.807) is 18.2 Å². The third kappa shape index (κ3) is 5.05. The van der Waals surface area contributed by atoms with Crippen LogP contribution in [0, 0.1) is 5.82 Å². The lowest BCUT2D eigenvalue weighted by molar-refractivity contribution is 0.0568. The number of nitrogens with one attached hydrogen (secondary N) is 2. The Morgan fingerprint density at radius 3 is 2.66 bits per heavy atom. The Hall–Kier alpha value is -3.88. The van der Waals surface area contributed by atoms with Crippen LogP contribution in [0.15, 0.2) is 54.7 Å². The van der Waals surface area contributed by atoms with Crippen LogP contribution in [0.4, 0.5) is 38.0 Å². The highest BCUT2D eigenvalue weighted by atomic mass is 19.1. The van der Waals surface area contributed by atoms with Gasteiger partial charge < -0.3 is 20.1 Å². The summed E-state index contributed by atoms with van der Waals surface area (Å²) >= 11 is 0. The Labute approximate surface area is 185 Å². The number of ether oxygens (including phenoxy) is 2. The number of hydrogen-bond donors (Lipinski definition) is 2. The number of hydrogen-bond acceptors (Lipinski definition) is 7. The van der Waals surface area contributed by atoms with Gasteiger partial charge >= 0.3 is 6.09 Å². The highest BCUT2D eigenvalue weighted by Crippen LogP contribution is 2.35. The van der Waals surface area contributed by atoms with Crippen molar-refractivity contribution in [2.75, 3.05) is 28.7 Å². The number of halogens is 1. The van der Waals surface area contributed by atoms with Gasteiger partial charge in [-0.25, -0.2) is 14.2 Å². The molecule has 8 nitrogen and oxygen atoms in total. The van der Waals surface area contributed by atoms with Crippen molar-refractivity contribution in [3.63, 3.8) is 0 Å². The molecule has 2 aromatic carbocycles. The maximum absolute atomic E-state index is 14.2. The number of amides is 1. The van der Waals surface area contributed by atoms with Crippen LogP contribution in [-0.2, 0) is 4.74 Å². The van der Waals surface area contributed by atoms with Gasteiger partial charge in [0.2, 0.25) is 5.95 Å². The van der Waals surface area contributed by atoms with Gasteiger partial charge in [-0.1, -0.05) is 18.2 Å². The summed E-state index contributed by atoms with van der Waals surface area (Å²) in [6.45, 7) is 6.18. The van der Waals surface area contributed by atoms with Crippen LogP contribution in [0.3, 0.4) is 0 Å². The summed E-state index contributed by atoms with van der Waals surface area (Å²) < 4.78 is 25.4. The third-order valence-electron chi connectivity index (χ3n) is 4.47. The SMILES string of the molecule is CC(C)(C)OC(=O)N1CCOc2ccc(Nc3ncc(F)c(Nc4ccccc4)n3)cc21. The standard InChI is InChI=1S/C23H24FN5O3/c1-23(2,3)32-22(30)29-11-12-31-19-10-9-16(13-18(19)29)27-21-25-14-17(24)20(28-21)26-15-7-5-4-6-8-15/h4-10,13-14H,11-12H2,1-3H3,(H2,25,26,27,28). The maximum Gasteiger partial charge on any atom is 0.415 e. The molecule has 4 rings (SSSR count). The molecule has 0 atom stereocenters. The van der Waals surface area contributed by atoms with Gasteiger partial charge in [0, 0.05) is 11.4 Å². The summed E-state index contributed by atoms with van der Waals surface area (Å²) in [5, 5.41) is 5.99. The molecule has 0 saturated heterocycles. The number of aromatic nitrogens is 2. The molecule has 1 aliphatic rings. The maximum atomic E-state index is 14.2. The monoisotopic (exact) mass is 437 g/mol. The largest absolute Gasteiger partial charge is 0.490 e. The number of benzene rings is 2. The van der Waals surface area contributed by atoms with Gasteiger partial charge in [0.15, 0.2) is 11.6 Å². The first kappa shape index (κ1) is 21.4. The number of nitrogens with zero attached hydrogens (tertiary/aromatic N) is 3. The summed E-state index contributed by atoms with van der Waals surface area (Å²) in [5.41, 5.74) is 1.27. The first-order valence-corrected chi connectivity index (χ1v) is 10.2. The summed E-state index contributed by atoms with van der Waals surface area (Å²) in [6, 6.07) is 14.4. The smallest absolute Gasteiger partial charge is 0.415 e. The fraction of sp³-hybridized carbons (Fsp3) is 0.261. The van der Waals surface area contributed by atoms with Crippen molar-refractivity contribution in [1.29, 1.82) is 0 Å². The van der Waals surface area contributed by atoms with Crippen molar-refractivity contribution in [2.45, 2.75) is 26.4 Å². The van der Waals surface area contributed by atoms with Gasteiger partial charge in [0.05, 0.1) is 18.4 Å². The summed E-state index contributed by atoms with van der Waals surface area (Å²) in [7, 11) is 0. The van der Waals surface area contributed by atoms with E-state index in [1.165, 1.54) is 4.90 Å². The molecule has 32 heavy (non-hydrogen) atoms. The molecule has 0 spiro atoms. The second kappa shape index (κ2) is 8.70. The van der Waals surface area contributed by atoms with Gasteiger partial charge in [-0.15, -0.1) is 0 Å². The van der Waals surface area contributed by atoms with E-state index in [1.807, 2.05) is 51.1 Å². The van der Waals surface area contributed by atoms with Crippen LogP contribution in [0.1, 0.15) is 20.8 Å². The van der Waals surface area contributed by atoms with Crippen LogP contribution in [0.2, 0.25) is 0 Å². The Balaban J connectivity index is 1.56. The molecule has 1 aromatic heterocycles. The Morgan fingerprint density at radius 2 is 1.91 bits per heavy atom. The van der Waals surface area contributed by atoms with Crippen LogP contribution < -0.4 is 20.3 Å². The quantitative estimate of drug-likeness (QED) is 0.577. The number of anilines is 5. The summed E-state index contributed by atoms with van der Waals surface area (Å²) in [6.07, 6.45) is 0.640. The molecule has 0 aliphatic carbocycles. The van der Waals surface area contributed by atoms with Crippen LogP contribution in [-0.4, -0.2) is 34.8 Å². The highest BCUT2D eigenvalue weighted by molar-refractivity contribution is 5.91. The average molecular weight is 437 g/mol. The minimum atomic E-state index is -0.616. The summed E-state index contributed by atoms with van der Waals surface area (Å²) in [4.78, 5) is 22.4. The number of carbonyl (C=O) groups excluding carboxylic acids is 1. The van der Waals surface area contributed by atoms with E-state index < -0.39 is 17.5 Å². The molecule has 0 saturated carbocycles. The first-order chi connectivity index (χ1) is 15.3. The molecule has 9 heteroatoms. The number of fused-ring (bicyclic) bond motifs is 1. The molecular formula is C23H24FN5O3. The van der Waals surface area contributed by atoms with Crippen molar-refractivity contribution >= 4 is 34.9 Å². The molecule has 0 bridgehead atoms. The summed E-state index contributed by atoms with van der Waals surface area (Å²) in [5.74, 6) is 0.240. The third-order valence-corrected chi connectivity index (χ3v) is 4.47. The zero-order chi connectivity index (χ0) is 22.7. The first-order valence-electron chi connectivity index (χ1n) is 10.2. The topological polar surface area (TPSA) is 88.6 Å². The molecule has 1 amide bonds. The number of rotatable bonds is 4. The fourth-order valence-electron chi connectivity index (χ4n) is 3.10. The van der Waals surface area contributed by atoms with Crippen molar-refractivity contribution in [3.8, 4) is 5.75 Å². The Kier molecular flexibility index (Phi) is 5.81. The normalized spacial score (nSPS) is 13.1. The van der Waals surface area contributed by atoms with Crippen LogP contribution in [0.5, 0.6) is 5.75 Å². The van der Waals surface area contributed by atoms with E-state index >= 15 is 0 Å². The van der Waals surface area contributed by atoms with Gasteiger partial charge in [0.25, 0.3) is 0 Å². The lowest BCUT2D eigenvalue weighted by Crippen LogP contribution is -2.41. The van der Waals surface area contributed by atoms with E-state index in [9.17, 15) is 9.18 Å². The minimum absolute atomic E-state index is 0.0466. The van der Waals surface area contributed by atoms with Crippen molar-refractivity contribution in [2.24, 2.45) is 0 Å². The predicted octanol–water partition coefficient (Wildman–Crippen LogP) is 5.24. The zero-order valence-corrected chi connectivity index (χ0v) is 18.1. The van der Waals surface area contributed by atoms with Crippen molar-refractivity contribution < 1.29 is 18.7 Å². The second-order valence-corrected chi connectivity index (χ2v) is 8.17. The molecule has 2 N–H and O–H groups in total. The van der Waals surface area contributed by atoms with E-state index in [0.717, 1.165) is 6.20 Å². The molecule has 2 heterocycles. The number of carbonyl (C=O) groups is 1. The Bertz CT molecular complexity index is 1120. The van der Waals surface area contributed by atoms with Gasteiger partial charge in [-0.05, 0) is 51.1 Å². The second-order valence-electron chi connectivity index (χ2n) is 8.17. The predicted molar refractivity (Wildman–Crippen MR) is 121 cm³/mol. The fourth-order valence-corrected chi connectivity index (χ4v) is 3.10. The van der Waals surface area contributed by atoms with Crippen molar-refractivity contribution in [1.82, 2.24) is 9.97 Å². The van der Waals surface area contributed by atoms with Crippen LogP contribution >= 0.6 is 0 Å². The molecule has 3 aromatic rings. The van der Waals surface area contributed by atoms with E-state index in [0.29, 0.717) is 36.0 Å². The minimum Gasteiger partial charge on any atom is -0.490 e.